The number of aromatic nitrogens is 1. The third-order valence-corrected chi connectivity index (χ3v) is 2.64. The van der Waals surface area contributed by atoms with Gasteiger partial charge >= 0.3 is 0 Å². The zero-order valence-electron chi connectivity index (χ0n) is 10.3. The van der Waals surface area contributed by atoms with Gasteiger partial charge in [0, 0.05) is 18.8 Å². The molecule has 3 N–H and O–H groups in total. The molecule has 0 aliphatic heterocycles. The molecule has 18 heavy (non-hydrogen) atoms. The van der Waals surface area contributed by atoms with Gasteiger partial charge in [-0.3, -0.25) is 9.88 Å². The van der Waals surface area contributed by atoms with Crippen LogP contribution in [-0.4, -0.2) is 47.2 Å². The minimum Gasteiger partial charge on any atom is -0.395 e. The molecule has 6 heteroatoms. The standard InChI is InChI=1S/C12H19F2N3O/c1-9(15)12(10-4-2-3-5-16-10)17(6-7-18)8-11(13)14/h2-5,9,11-12,18H,6-8,15H2,1H3. The molecule has 1 heterocycles. The molecule has 0 radical (unpaired) electrons. The van der Waals surface area contributed by atoms with Crippen LogP contribution in [0.15, 0.2) is 24.4 Å². The van der Waals surface area contributed by atoms with Crippen molar-refractivity contribution in [3.8, 4) is 0 Å². The third-order valence-electron chi connectivity index (χ3n) is 2.64. The molecule has 1 aromatic heterocycles. The monoisotopic (exact) mass is 259 g/mol. The van der Waals surface area contributed by atoms with Crippen LogP contribution < -0.4 is 5.73 Å². The van der Waals surface area contributed by atoms with Gasteiger partial charge in [0.1, 0.15) is 0 Å². The van der Waals surface area contributed by atoms with Crippen LogP contribution in [0.1, 0.15) is 18.7 Å². The first-order chi connectivity index (χ1) is 8.56. The average Bonchev–Trinajstić information content (AvgIpc) is 2.29. The molecule has 2 unspecified atom stereocenters. The number of rotatable bonds is 7. The number of nitrogens with two attached hydrogens (primary N) is 1. The van der Waals surface area contributed by atoms with Gasteiger partial charge in [-0.2, -0.15) is 0 Å². The summed E-state index contributed by atoms with van der Waals surface area (Å²) in [6, 6.07) is 4.52. The minimum absolute atomic E-state index is 0.146. The Morgan fingerprint density at radius 1 is 1.44 bits per heavy atom. The second-order valence-electron chi connectivity index (χ2n) is 4.17. The van der Waals surface area contributed by atoms with Crippen molar-refractivity contribution >= 4 is 0 Å². The maximum Gasteiger partial charge on any atom is 0.251 e. The fourth-order valence-corrected chi connectivity index (χ4v) is 1.99. The van der Waals surface area contributed by atoms with Crippen molar-refractivity contribution in [2.24, 2.45) is 5.73 Å². The molecule has 1 rings (SSSR count). The van der Waals surface area contributed by atoms with Crippen LogP contribution >= 0.6 is 0 Å². The number of alkyl halides is 2. The zero-order chi connectivity index (χ0) is 13.5. The maximum atomic E-state index is 12.6. The fourth-order valence-electron chi connectivity index (χ4n) is 1.99. The minimum atomic E-state index is -2.47. The topological polar surface area (TPSA) is 62.4 Å². The van der Waals surface area contributed by atoms with Crippen LogP contribution in [0.25, 0.3) is 0 Å². The number of aliphatic hydroxyl groups is 1. The lowest BCUT2D eigenvalue weighted by molar-refractivity contribution is 0.0475. The smallest absolute Gasteiger partial charge is 0.251 e. The van der Waals surface area contributed by atoms with Gasteiger partial charge in [0.05, 0.1) is 24.9 Å². The van der Waals surface area contributed by atoms with E-state index in [1.807, 2.05) is 0 Å². The number of hydrogen-bond acceptors (Lipinski definition) is 4. The highest BCUT2D eigenvalue weighted by Crippen LogP contribution is 2.22. The summed E-state index contributed by atoms with van der Waals surface area (Å²) in [5, 5.41) is 8.98. The van der Waals surface area contributed by atoms with E-state index in [2.05, 4.69) is 4.98 Å². The van der Waals surface area contributed by atoms with Crippen LogP contribution in [0.2, 0.25) is 0 Å². The normalized spacial score (nSPS) is 15.1. The van der Waals surface area contributed by atoms with Crippen LogP contribution in [0.4, 0.5) is 8.78 Å². The van der Waals surface area contributed by atoms with Gasteiger partial charge in [-0.15, -0.1) is 0 Å². The average molecular weight is 259 g/mol. The highest BCUT2D eigenvalue weighted by atomic mass is 19.3. The van der Waals surface area contributed by atoms with E-state index in [0.29, 0.717) is 5.69 Å². The molecule has 0 aromatic carbocycles. The van der Waals surface area contributed by atoms with Crippen LogP contribution in [0.5, 0.6) is 0 Å². The van der Waals surface area contributed by atoms with Crippen molar-refractivity contribution < 1.29 is 13.9 Å². The van der Waals surface area contributed by atoms with E-state index in [-0.39, 0.29) is 19.2 Å². The third kappa shape index (κ3) is 4.29. The lowest BCUT2D eigenvalue weighted by atomic mass is 10.0. The van der Waals surface area contributed by atoms with E-state index < -0.39 is 19.0 Å². The van der Waals surface area contributed by atoms with Crippen molar-refractivity contribution in [2.45, 2.75) is 25.4 Å². The van der Waals surface area contributed by atoms with Crippen molar-refractivity contribution in [3.05, 3.63) is 30.1 Å². The molecular weight excluding hydrogens is 240 g/mol. The SMILES string of the molecule is CC(N)C(c1ccccn1)N(CCO)CC(F)F. The molecule has 0 saturated heterocycles. The lowest BCUT2D eigenvalue weighted by Gasteiger charge is -2.33. The first-order valence-electron chi connectivity index (χ1n) is 5.85. The van der Waals surface area contributed by atoms with Gasteiger partial charge in [-0.1, -0.05) is 6.07 Å². The van der Waals surface area contributed by atoms with Crippen LogP contribution in [-0.2, 0) is 0 Å². The van der Waals surface area contributed by atoms with Crippen molar-refractivity contribution in [2.75, 3.05) is 19.7 Å². The summed E-state index contributed by atoms with van der Waals surface area (Å²) in [4.78, 5) is 5.63. The number of halogens is 2. The summed E-state index contributed by atoms with van der Waals surface area (Å²) < 4.78 is 25.1. The van der Waals surface area contributed by atoms with Crippen molar-refractivity contribution in [3.63, 3.8) is 0 Å². The molecule has 2 atom stereocenters. The molecule has 0 aliphatic rings. The summed E-state index contributed by atoms with van der Waals surface area (Å²) in [5.41, 5.74) is 6.51. The van der Waals surface area contributed by atoms with Crippen LogP contribution in [0.3, 0.4) is 0 Å². The summed E-state index contributed by atoms with van der Waals surface area (Å²) in [5.74, 6) is 0. The molecular formula is C12H19F2N3O. The zero-order valence-corrected chi connectivity index (χ0v) is 10.3. The molecule has 0 bridgehead atoms. The van der Waals surface area contributed by atoms with E-state index in [1.165, 1.54) is 4.90 Å². The van der Waals surface area contributed by atoms with Gasteiger partial charge in [-0.25, -0.2) is 8.78 Å². The number of pyridine rings is 1. The van der Waals surface area contributed by atoms with Gasteiger partial charge in [0.25, 0.3) is 6.43 Å². The Labute approximate surface area is 105 Å². The predicted molar refractivity (Wildman–Crippen MR) is 65.3 cm³/mol. The molecule has 4 nitrogen and oxygen atoms in total. The van der Waals surface area contributed by atoms with E-state index >= 15 is 0 Å². The second-order valence-corrected chi connectivity index (χ2v) is 4.17. The van der Waals surface area contributed by atoms with E-state index in [0.717, 1.165) is 0 Å². The Balaban J connectivity index is 2.93. The molecule has 0 fully saturated rings. The summed E-state index contributed by atoms with van der Waals surface area (Å²) in [6.45, 7) is 1.27. The number of nitrogens with zero attached hydrogens (tertiary/aromatic N) is 2. The van der Waals surface area contributed by atoms with E-state index in [9.17, 15) is 8.78 Å². The second kappa shape index (κ2) is 7.35. The molecule has 0 amide bonds. The Morgan fingerprint density at radius 3 is 2.61 bits per heavy atom. The summed E-state index contributed by atoms with van der Waals surface area (Å²) in [6.07, 6.45) is -0.869. The number of aliphatic hydroxyl groups excluding tert-OH is 1. The predicted octanol–water partition coefficient (Wildman–Crippen LogP) is 1.03. The quantitative estimate of drug-likeness (QED) is 0.767. The highest BCUT2D eigenvalue weighted by molar-refractivity contribution is 5.11. The van der Waals surface area contributed by atoms with Gasteiger partial charge in [0.15, 0.2) is 0 Å². The lowest BCUT2D eigenvalue weighted by Crippen LogP contribution is -2.43. The van der Waals surface area contributed by atoms with E-state index in [1.54, 1.807) is 31.3 Å². The summed E-state index contributed by atoms with van der Waals surface area (Å²) in [7, 11) is 0. The van der Waals surface area contributed by atoms with Gasteiger partial charge < -0.3 is 10.8 Å². The Morgan fingerprint density at radius 2 is 2.17 bits per heavy atom. The van der Waals surface area contributed by atoms with E-state index in [4.69, 9.17) is 10.8 Å². The Hall–Kier alpha value is -1.11. The molecule has 0 saturated carbocycles. The van der Waals surface area contributed by atoms with Gasteiger partial charge in [-0.05, 0) is 19.1 Å². The molecule has 1 aromatic rings. The highest BCUT2D eigenvalue weighted by Gasteiger charge is 2.26. The Bertz CT molecular complexity index is 335. The largest absolute Gasteiger partial charge is 0.395 e. The maximum absolute atomic E-state index is 12.6. The van der Waals surface area contributed by atoms with Crippen molar-refractivity contribution in [1.82, 2.24) is 9.88 Å². The van der Waals surface area contributed by atoms with Gasteiger partial charge in [0.2, 0.25) is 0 Å². The van der Waals surface area contributed by atoms with Crippen molar-refractivity contribution in [1.29, 1.82) is 0 Å². The first kappa shape index (κ1) is 14.9. The first-order valence-corrected chi connectivity index (χ1v) is 5.85. The fraction of sp³-hybridized carbons (Fsp3) is 0.583. The van der Waals surface area contributed by atoms with Crippen LogP contribution in [0, 0.1) is 0 Å². The molecule has 0 aliphatic carbocycles. The Kier molecular flexibility index (Phi) is 6.11. The number of hydrogen-bond donors (Lipinski definition) is 2. The summed E-state index contributed by atoms with van der Waals surface area (Å²) >= 11 is 0. The molecule has 102 valence electrons. The molecule has 0 spiro atoms.